The summed E-state index contributed by atoms with van der Waals surface area (Å²) in [6.45, 7) is 2.36. The summed E-state index contributed by atoms with van der Waals surface area (Å²) in [6.07, 6.45) is -3.53. The second-order valence-corrected chi connectivity index (χ2v) is 9.35. The number of carbonyl (C=O) groups is 2. The van der Waals surface area contributed by atoms with Crippen LogP contribution in [0.15, 0.2) is 18.3 Å². The third kappa shape index (κ3) is 5.31. The Kier molecular flexibility index (Phi) is 6.85. The molecule has 2 amide bonds. The number of amides is 2. The average molecular weight is 497 g/mol. The lowest BCUT2D eigenvalue weighted by Gasteiger charge is -2.38. The molecule has 1 saturated carbocycles. The molecule has 0 unspecified atom stereocenters. The number of rotatable bonds is 4. The number of carbonyl (C=O) groups excluding carboxylic acids is 2. The van der Waals surface area contributed by atoms with Crippen LogP contribution < -0.4 is 5.32 Å². The Morgan fingerprint density at radius 3 is 2.46 bits per heavy atom. The van der Waals surface area contributed by atoms with Crippen molar-refractivity contribution in [2.75, 3.05) is 13.1 Å². The summed E-state index contributed by atoms with van der Waals surface area (Å²) in [6, 6.07) is 2.62. The van der Waals surface area contributed by atoms with Crippen molar-refractivity contribution in [3.63, 3.8) is 0 Å². The number of nitrogens with one attached hydrogen (secondary N) is 2. The number of pyridine rings is 1. The number of H-pyrrole nitrogens is 1. The molecule has 0 spiro atoms. The first kappa shape index (κ1) is 25.1. The van der Waals surface area contributed by atoms with E-state index in [2.05, 4.69) is 20.5 Å². The van der Waals surface area contributed by atoms with E-state index < -0.39 is 36.5 Å². The molecule has 8 nitrogen and oxygen atoms in total. The SMILES string of the molecule is Cc1cc(-c2cc(C(=O)N3CCC(C(=O)N[C@H]4CC[C@](O)(C(F)(F)F)CC4)CC3)n[nH]2)c(F)cn1. The van der Waals surface area contributed by atoms with Crippen LogP contribution in [-0.4, -0.2) is 67.9 Å². The van der Waals surface area contributed by atoms with Crippen LogP contribution in [0.4, 0.5) is 17.6 Å². The predicted octanol–water partition coefficient (Wildman–Crippen LogP) is 3.12. The largest absolute Gasteiger partial charge is 0.417 e. The Morgan fingerprint density at radius 2 is 1.83 bits per heavy atom. The maximum Gasteiger partial charge on any atom is 0.417 e. The number of alkyl halides is 3. The van der Waals surface area contributed by atoms with Crippen molar-refractivity contribution in [2.45, 2.75) is 63.3 Å². The van der Waals surface area contributed by atoms with Gasteiger partial charge in [0.25, 0.3) is 5.91 Å². The maximum absolute atomic E-state index is 14.1. The van der Waals surface area contributed by atoms with Gasteiger partial charge in [-0.15, -0.1) is 0 Å². The van der Waals surface area contributed by atoms with Crippen molar-refractivity contribution < 1.29 is 32.3 Å². The zero-order valence-corrected chi connectivity index (χ0v) is 19.2. The minimum absolute atomic E-state index is 0.0537. The van der Waals surface area contributed by atoms with Gasteiger partial charge in [0.2, 0.25) is 5.91 Å². The molecule has 2 aliphatic rings. The van der Waals surface area contributed by atoms with Gasteiger partial charge in [-0.3, -0.25) is 19.7 Å². The monoisotopic (exact) mass is 497 g/mol. The summed E-state index contributed by atoms with van der Waals surface area (Å²) < 4.78 is 53.0. The predicted molar refractivity (Wildman–Crippen MR) is 117 cm³/mol. The molecule has 3 N–H and O–H groups in total. The van der Waals surface area contributed by atoms with E-state index in [0.717, 1.165) is 6.20 Å². The van der Waals surface area contributed by atoms with Crippen molar-refractivity contribution in [3.05, 3.63) is 35.5 Å². The van der Waals surface area contributed by atoms with E-state index >= 15 is 0 Å². The number of likely N-dealkylation sites (tertiary alicyclic amines) is 1. The summed E-state index contributed by atoms with van der Waals surface area (Å²) in [7, 11) is 0. The Balaban J connectivity index is 1.28. The molecule has 4 rings (SSSR count). The van der Waals surface area contributed by atoms with Crippen LogP contribution in [0, 0.1) is 18.7 Å². The molecule has 2 fully saturated rings. The van der Waals surface area contributed by atoms with Crippen LogP contribution in [0.1, 0.15) is 54.7 Å². The second-order valence-electron chi connectivity index (χ2n) is 9.35. The van der Waals surface area contributed by atoms with Crippen LogP contribution in [0.25, 0.3) is 11.3 Å². The van der Waals surface area contributed by atoms with Gasteiger partial charge in [0.1, 0.15) is 0 Å². The molecule has 1 aliphatic carbocycles. The Bertz CT molecular complexity index is 1090. The molecule has 0 aromatic carbocycles. The average Bonchev–Trinajstić information content (AvgIpc) is 3.31. The first-order chi connectivity index (χ1) is 16.5. The number of piperidine rings is 1. The summed E-state index contributed by atoms with van der Waals surface area (Å²) in [5.41, 5.74) is -1.32. The smallest absolute Gasteiger partial charge is 0.380 e. The van der Waals surface area contributed by atoms with Gasteiger partial charge >= 0.3 is 6.18 Å². The number of aromatic nitrogens is 3. The fraction of sp³-hybridized carbons (Fsp3) is 0.565. The number of aromatic amines is 1. The molecule has 2 aromatic rings. The molecule has 0 bridgehead atoms. The van der Waals surface area contributed by atoms with E-state index in [1.807, 2.05) is 0 Å². The standard InChI is InChI=1S/C23H27F4N5O3/c1-13-10-16(17(24)12-28-13)18-11-19(31-30-18)21(34)32-8-4-14(5-9-32)20(33)29-15-2-6-22(35,7-3-15)23(25,26)27/h10-12,14-15,35H,2-9H2,1H3,(H,29,33)(H,30,31)/t15-,22+. The number of aliphatic hydroxyl groups is 1. The van der Waals surface area contributed by atoms with E-state index in [0.29, 0.717) is 37.3 Å². The topological polar surface area (TPSA) is 111 Å². The molecule has 35 heavy (non-hydrogen) atoms. The molecule has 0 radical (unpaired) electrons. The van der Waals surface area contributed by atoms with Gasteiger partial charge in [-0.1, -0.05) is 0 Å². The van der Waals surface area contributed by atoms with E-state index in [1.54, 1.807) is 17.9 Å². The quantitative estimate of drug-likeness (QED) is 0.562. The fourth-order valence-corrected chi connectivity index (χ4v) is 4.67. The minimum Gasteiger partial charge on any atom is -0.380 e. The summed E-state index contributed by atoms with van der Waals surface area (Å²) in [5.74, 6) is -1.47. The maximum atomic E-state index is 14.1. The van der Waals surface area contributed by atoms with Crippen molar-refractivity contribution in [2.24, 2.45) is 5.92 Å². The Morgan fingerprint density at radius 1 is 1.17 bits per heavy atom. The summed E-state index contributed by atoms with van der Waals surface area (Å²) >= 11 is 0. The van der Waals surface area contributed by atoms with Gasteiger partial charge in [-0.2, -0.15) is 18.3 Å². The van der Waals surface area contributed by atoms with E-state index in [1.165, 1.54) is 6.07 Å². The Hall–Kier alpha value is -3.02. The van der Waals surface area contributed by atoms with Gasteiger partial charge < -0.3 is 15.3 Å². The zero-order valence-electron chi connectivity index (χ0n) is 19.2. The molecule has 190 valence electrons. The Labute approximate surface area is 199 Å². The molecule has 1 aliphatic heterocycles. The third-order valence-corrected chi connectivity index (χ3v) is 6.92. The lowest BCUT2D eigenvalue weighted by Crippen LogP contribution is -2.52. The second kappa shape index (κ2) is 9.56. The molecule has 0 atom stereocenters. The minimum atomic E-state index is -4.68. The van der Waals surface area contributed by atoms with Crippen LogP contribution >= 0.6 is 0 Å². The van der Waals surface area contributed by atoms with Gasteiger partial charge in [0, 0.05) is 36.3 Å². The highest BCUT2D eigenvalue weighted by Gasteiger charge is 2.54. The van der Waals surface area contributed by atoms with Crippen LogP contribution in [0.3, 0.4) is 0 Å². The normalized spacial score (nSPS) is 23.8. The number of nitrogens with zero attached hydrogens (tertiary/aromatic N) is 3. The number of aryl methyl sites for hydroxylation is 1. The van der Waals surface area contributed by atoms with Crippen molar-refractivity contribution >= 4 is 11.8 Å². The number of hydrogen-bond acceptors (Lipinski definition) is 5. The van der Waals surface area contributed by atoms with Crippen molar-refractivity contribution in [1.29, 1.82) is 0 Å². The van der Waals surface area contributed by atoms with Crippen molar-refractivity contribution in [1.82, 2.24) is 25.4 Å². The highest BCUT2D eigenvalue weighted by Crippen LogP contribution is 2.41. The molecule has 3 heterocycles. The van der Waals surface area contributed by atoms with Gasteiger partial charge in [-0.25, -0.2) is 4.39 Å². The van der Waals surface area contributed by atoms with E-state index in [4.69, 9.17) is 0 Å². The lowest BCUT2D eigenvalue weighted by molar-refractivity contribution is -0.270. The van der Waals surface area contributed by atoms with E-state index in [-0.39, 0.29) is 41.8 Å². The van der Waals surface area contributed by atoms with Crippen LogP contribution in [0.2, 0.25) is 0 Å². The highest BCUT2D eigenvalue weighted by molar-refractivity contribution is 5.93. The van der Waals surface area contributed by atoms with Gasteiger partial charge in [0.15, 0.2) is 17.1 Å². The number of halogens is 4. The fourth-order valence-electron chi connectivity index (χ4n) is 4.67. The third-order valence-electron chi connectivity index (χ3n) is 6.92. The first-order valence-corrected chi connectivity index (χ1v) is 11.5. The molecular formula is C23H27F4N5O3. The zero-order chi connectivity index (χ0) is 25.4. The van der Waals surface area contributed by atoms with Crippen LogP contribution in [-0.2, 0) is 4.79 Å². The first-order valence-electron chi connectivity index (χ1n) is 11.5. The van der Waals surface area contributed by atoms with Crippen molar-refractivity contribution in [3.8, 4) is 11.3 Å². The summed E-state index contributed by atoms with van der Waals surface area (Å²) in [4.78, 5) is 30.9. The molecule has 1 saturated heterocycles. The summed E-state index contributed by atoms with van der Waals surface area (Å²) in [5, 5.41) is 19.3. The molecule has 2 aromatic heterocycles. The highest BCUT2D eigenvalue weighted by atomic mass is 19.4. The number of hydrogen-bond donors (Lipinski definition) is 3. The van der Waals surface area contributed by atoms with Gasteiger partial charge in [-0.05, 0) is 57.6 Å². The van der Waals surface area contributed by atoms with E-state index in [9.17, 15) is 32.3 Å². The molecule has 12 heteroatoms. The van der Waals surface area contributed by atoms with Crippen LogP contribution in [0.5, 0.6) is 0 Å². The van der Waals surface area contributed by atoms with Gasteiger partial charge in [0.05, 0.1) is 11.9 Å². The molecular weight excluding hydrogens is 470 g/mol. The lowest BCUT2D eigenvalue weighted by atomic mass is 9.81.